The zero-order valence-corrected chi connectivity index (χ0v) is 14.2. The van der Waals surface area contributed by atoms with Crippen molar-refractivity contribution in [1.29, 1.82) is 0 Å². The minimum absolute atomic E-state index is 0. The first-order chi connectivity index (χ1) is 9.97. The van der Waals surface area contributed by atoms with E-state index in [1.165, 1.54) is 0 Å². The molecule has 0 aliphatic rings. The summed E-state index contributed by atoms with van der Waals surface area (Å²) in [6.45, 7) is 5.88. The Hall–Kier alpha value is -1.59. The fourth-order valence-corrected chi connectivity index (χ4v) is 1.87. The number of carbonyl (C=O) groups is 2. The van der Waals surface area contributed by atoms with Crippen LogP contribution in [-0.2, 0) is 16.0 Å². The van der Waals surface area contributed by atoms with Gasteiger partial charge in [0.25, 0.3) is 0 Å². The average molecular weight is 328 g/mol. The van der Waals surface area contributed by atoms with E-state index in [2.05, 4.69) is 17.6 Å². The third-order valence-corrected chi connectivity index (χ3v) is 3.60. The van der Waals surface area contributed by atoms with Gasteiger partial charge in [0.2, 0.25) is 11.8 Å². The van der Waals surface area contributed by atoms with Crippen LogP contribution >= 0.6 is 12.4 Å². The summed E-state index contributed by atoms with van der Waals surface area (Å²) in [4.78, 5) is 23.6. The van der Waals surface area contributed by atoms with E-state index in [4.69, 9.17) is 5.73 Å². The van der Waals surface area contributed by atoms with Crippen LogP contribution in [0.15, 0.2) is 24.3 Å². The minimum atomic E-state index is -0.578. The molecule has 2 unspecified atom stereocenters. The molecular weight excluding hydrogens is 302 g/mol. The van der Waals surface area contributed by atoms with E-state index in [1.807, 2.05) is 38.1 Å². The quantitative estimate of drug-likeness (QED) is 0.717. The largest absolute Gasteiger partial charge is 0.346 e. The maximum atomic E-state index is 11.8. The van der Waals surface area contributed by atoms with Gasteiger partial charge in [0.1, 0.15) is 0 Å². The molecule has 0 aliphatic carbocycles. The lowest BCUT2D eigenvalue weighted by atomic mass is 9.99. The number of rotatable bonds is 7. The van der Waals surface area contributed by atoms with Crippen LogP contribution in [-0.4, -0.2) is 24.4 Å². The van der Waals surface area contributed by atoms with Crippen molar-refractivity contribution in [2.75, 3.05) is 11.9 Å². The molecule has 0 spiro atoms. The molecule has 5 nitrogen and oxygen atoms in total. The minimum Gasteiger partial charge on any atom is -0.346 e. The van der Waals surface area contributed by atoms with E-state index >= 15 is 0 Å². The lowest BCUT2D eigenvalue weighted by Crippen LogP contribution is -2.46. The van der Waals surface area contributed by atoms with E-state index in [1.54, 1.807) is 0 Å². The Balaban J connectivity index is 0.00000441. The molecule has 0 saturated heterocycles. The van der Waals surface area contributed by atoms with Gasteiger partial charge in [0.05, 0.1) is 12.6 Å². The Morgan fingerprint density at radius 1 is 1.27 bits per heavy atom. The van der Waals surface area contributed by atoms with Crippen molar-refractivity contribution in [2.45, 2.75) is 39.7 Å². The number of nitrogens with one attached hydrogen (secondary N) is 2. The van der Waals surface area contributed by atoms with Gasteiger partial charge in [0.15, 0.2) is 0 Å². The van der Waals surface area contributed by atoms with Gasteiger partial charge in [-0.05, 0) is 30.0 Å². The Morgan fingerprint density at radius 3 is 2.55 bits per heavy atom. The predicted molar refractivity (Wildman–Crippen MR) is 92.1 cm³/mol. The molecule has 2 amide bonds. The van der Waals surface area contributed by atoms with Crippen molar-refractivity contribution in [2.24, 2.45) is 11.7 Å². The molecular formula is C16H26ClN3O2. The number of benzene rings is 1. The highest BCUT2D eigenvalue weighted by Gasteiger charge is 2.19. The highest BCUT2D eigenvalue weighted by molar-refractivity contribution is 5.95. The molecule has 0 aliphatic heterocycles. The second-order valence-electron chi connectivity index (χ2n) is 5.23. The number of halogens is 1. The average Bonchev–Trinajstić information content (AvgIpc) is 2.51. The molecule has 6 heteroatoms. The smallest absolute Gasteiger partial charge is 0.243 e. The Bertz CT molecular complexity index is 494. The highest BCUT2D eigenvalue weighted by Crippen LogP contribution is 2.10. The first-order valence-corrected chi connectivity index (χ1v) is 7.40. The summed E-state index contributed by atoms with van der Waals surface area (Å²) in [5, 5.41) is 5.33. The number of hydrogen-bond donors (Lipinski definition) is 3. The van der Waals surface area contributed by atoms with E-state index in [-0.39, 0.29) is 36.7 Å². The standard InChI is InChI=1S/C16H25N3O2.ClH/c1-4-11(3)15(17)16(21)18-10-14(20)19-13-8-6-7-12(5-2)9-13;/h6-9,11,15H,4-5,10,17H2,1-3H3,(H,18,21)(H,19,20);1H. The van der Waals surface area contributed by atoms with Crippen LogP contribution < -0.4 is 16.4 Å². The fraction of sp³-hybridized carbons (Fsp3) is 0.500. The Labute approximate surface area is 138 Å². The SMILES string of the molecule is CCc1cccc(NC(=O)CNC(=O)C(N)C(C)CC)c1.Cl. The Morgan fingerprint density at radius 2 is 1.95 bits per heavy atom. The van der Waals surface area contributed by atoms with E-state index in [0.717, 1.165) is 24.1 Å². The third-order valence-electron chi connectivity index (χ3n) is 3.60. The molecule has 1 aromatic rings. The molecule has 22 heavy (non-hydrogen) atoms. The molecule has 0 radical (unpaired) electrons. The summed E-state index contributed by atoms with van der Waals surface area (Å²) in [6, 6.07) is 7.06. The molecule has 1 aromatic carbocycles. The summed E-state index contributed by atoms with van der Waals surface area (Å²) in [5.74, 6) is -0.455. The van der Waals surface area contributed by atoms with Crippen LogP contribution in [0.25, 0.3) is 0 Å². The molecule has 1 rings (SSSR count). The second kappa shape index (κ2) is 10.2. The van der Waals surface area contributed by atoms with Gasteiger partial charge in [-0.25, -0.2) is 0 Å². The first-order valence-electron chi connectivity index (χ1n) is 7.40. The van der Waals surface area contributed by atoms with E-state index < -0.39 is 6.04 Å². The predicted octanol–water partition coefficient (Wildman–Crippen LogP) is 2.10. The van der Waals surface area contributed by atoms with E-state index in [9.17, 15) is 9.59 Å². The summed E-state index contributed by atoms with van der Waals surface area (Å²) >= 11 is 0. The third kappa shape index (κ3) is 6.45. The van der Waals surface area contributed by atoms with Gasteiger partial charge in [-0.3, -0.25) is 9.59 Å². The van der Waals surface area contributed by atoms with Gasteiger partial charge in [-0.2, -0.15) is 0 Å². The maximum absolute atomic E-state index is 11.8. The number of carbonyl (C=O) groups excluding carboxylic acids is 2. The van der Waals surface area contributed by atoms with Crippen LogP contribution in [0.5, 0.6) is 0 Å². The van der Waals surface area contributed by atoms with Crippen molar-refractivity contribution >= 4 is 29.9 Å². The van der Waals surface area contributed by atoms with Gasteiger partial charge in [-0.15, -0.1) is 12.4 Å². The fourth-order valence-electron chi connectivity index (χ4n) is 1.87. The summed E-state index contributed by atoms with van der Waals surface area (Å²) in [7, 11) is 0. The van der Waals surface area contributed by atoms with Crippen molar-refractivity contribution in [3.05, 3.63) is 29.8 Å². The van der Waals surface area contributed by atoms with Crippen LogP contribution in [0, 0.1) is 5.92 Å². The van der Waals surface area contributed by atoms with E-state index in [0.29, 0.717) is 0 Å². The molecule has 0 aromatic heterocycles. The van der Waals surface area contributed by atoms with Crippen LogP contribution in [0.1, 0.15) is 32.8 Å². The van der Waals surface area contributed by atoms with Crippen molar-refractivity contribution < 1.29 is 9.59 Å². The number of anilines is 1. The van der Waals surface area contributed by atoms with Gasteiger partial charge < -0.3 is 16.4 Å². The normalized spacial score (nSPS) is 12.7. The van der Waals surface area contributed by atoms with Crippen molar-refractivity contribution in [3.8, 4) is 0 Å². The number of nitrogens with two attached hydrogens (primary N) is 1. The molecule has 124 valence electrons. The lowest BCUT2D eigenvalue weighted by Gasteiger charge is -2.17. The lowest BCUT2D eigenvalue weighted by molar-refractivity contribution is -0.125. The van der Waals surface area contributed by atoms with Crippen molar-refractivity contribution in [1.82, 2.24) is 5.32 Å². The number of amides is 2. The zero-order chi connectivity index (χ0) is 15.8. The number of hydrogen-bond acceptors (Lipinski definition) is 3. The van der Waals surface area contributed by atoms with Crippen LogP contribution in [0.2, 0.25) is 0 Å². The monoisotopic (exact) mass is 327 g/mol. The summed E-state index contributed by atoms with van der Waals surface area (Å²) < 4.78 is 0. The molecule has 0 saturated carbocycles. The second-order valence-corrected chi connectivity index (χ2v) is 5.23. The topological polar surface area (TPSA) is 84.2 Å². The Kier molecular flexibility index (Phi) is 9.45. The molecule has 0 bridgehead atoms. The van der Waals surface area contributed by atoms with Crippen LogP contribution in [0.3, 0.4) is 0 Å². The van der Waals surface area contributed by atoms with Gasteiger partial charge >= 0.3 is 0 Å². The molecule has 0 heterocycles. The number of aryl methyl sites for hydroxylation is 1. The summed E-state index contributed by atoms with van der Waals surface area (Å²) in [6.07, 6.45) is 1.73. The highest BCUT2D eigenvalue weighted by atomic mass is 35.5. The molecule has 2 atom stereocenters. The summed E-state index contributed by atoms with van der Waals surface area (Å²) in [5.41, 5.74) is 7.69. The first kappa shape index (κ1) is 20.4. The van der Waals surface area contributed by atoms with Crippen molar-refractivity contribution in [3.63, 3.8) is 0 Å². The molecule has 0 fully saturated rings. The van der Waals surface area contributed by atoms with Gasteiger partial charge in [-0.1, -0.05) is 39.3 Å². The van der Waals surface area contributed by atoms with Gasteiger partial charge in [0, 0.05) is 5.69 Å². The zero-order valence-electron chi connectivity index (χ0n) is 13.4. The maximum Gasteiger partial charge on any atom is 0.243 e. The van der Waals surface area contributed by atoms with Crippen LogP contribution in [0.4, 0.5) is 5.69 Å². The molecule has 4 N–H and O–H groups in total.